The van der Waals surface area contributed by atoms with Crippen LogP contribution < -0.4 is 5.43 Å². The van der Waals surface area contributed by atoms with E-state index in [1.165, 1.54) is 0 Å². The molecule has 2 heterocycles. The average molecular weight is 398 g/mol. The van der Waals surface area contributed by atoms with Crippen LogP contribution in [0.15, 0.2) is 45.6 Å². The van der Waals surface area contributed by atoms with Gasteiger partial charge in [-0.1, -0.05) is 23.7 Å². The molecule has 28 heavy (non-hydrogen) atoms. The second-order valence-corrected chi connectivity index (χ2v) is 7.49. The summed E-state index contributed by atoms with van der Waals surface area (Å²) in [5, 5.41) is 1.08. The van der Waals surface area contributed by atoms with Gasteiger partial charge in [0.15, 0.2) is 5.43 Å². The predicted octanol–water partition coefficient (Wildman–Crippen LogP) is 4.25. The SMILES string of the molecule is COCCN1C(=O)c2oc3cc(C)c(C)cc3c(=O)c2C1c1ccc(Cl)cc1. The maximum Gasteiger partial charge on any atom is 0.290 e. The number of hydrogen-bond acceptors (Lipinski definition) is 4. The van der Waals surface area contributed by atoms with Gasteiger partial charge >= 0.3 is 0 Å². The zero-order chi connectivity index (χ0) is 20.0. The van der Waals surface area contributed by atoms with Gasteiger partial charge in [-0.25, -0.2) is 0 Å². The number of rotatable bonds is 4. The van der Waals surface area contributed by atoms with E-state index in [0.29, 0.717) is 34.7 Å². The van der Waals surface area contributed by atoms with E-state index in [-0.39, 0.29) is 17.1 Å². The molecule has 1 unspecified atom stereocenters. The first kappa shape index (κ1) is 18.7. The largest absolute Gasteiger partial charge is 0.450 e. The van der Waals surface area contributed by atoms with E-state index >= 15 is 0 Å². The number of carbonyl (C=O) groups excluding carboxylic acids is 1. The lowest BCUT2D eigenvalue weighted by Gasteiger charge is -2.24. The van der Waals surface area contributed by atoms with Crippen LogP contribution in [0.5, 0.6) is 0 Å². The molecule has 0 saturated carbocycles. The molecule has 4 rings (SSSR count). The third kappa shape index (κ3) is 2.91. The van der Waals surface area contributed by atoms with Gasteiger partial charge in [-0.2, -0.15) is 0 Å². The molecule has 1 aliphatic rings. The Bertz CT molecular complexity index is 1130. The molecule has 3 aromatic rings. The molecule has 0 saturated heterocycles. The fourth-order valence-electron chi connectivity index (χ4n) is 3.69. The summed E-state index contributed by atoms with van der Waals surface area (Å²) < 4.78 is 11.1. The molecule has 1 amide bonds. The Balaban J connectivity index is 1.98. The number of carbonyl (C=O) groups is 1. The molecule has 144 valence electrons. The Morgan fingerprint density at radius 3 is 2.46 bits per heavy atom. The van der Waals surface area contributed by atoms with Crippen LogP contribution >= 0.6 is 11.6 Å². The molecule has 0 aliphatic carbocycles. The fraction of sp³-hybridized carbons (Fsp3) is 0.273. The summed E-state index contributed by atoms with van der Waals surface area (Å²) in [7, 11) is 1.58. The van der Waals surface area contributed by atoms with Crippen LogP contribution in [0.25, 0.3) is 11.0 Å². The summed E-state index contributed by atoms with van der Waals surface area (Å²) >= 11 is 6.03. The van der Waals surface area contributed by atoms with E-state index in [2.05, 4.69) is 0 Å². The molecular formula is C22H20ClNO4. The number of ether oxygens (including phenoxy) is 1. The third-order valence-electron chi connectivity index (χ3n) is 5.30. The number of hydrogen-bond donors (Lipinski definition) is 0. The van der Waals surface area contributed by atoms with Crippen LogP contribution in [-0.4, -0.2) is 31.1 Å². The standard InChI is InChI=1S/C22H20ClNO4/c1-12-10-16-17(11-13(12)2)28-21-18(20(16)25)19(14-4-6-15(23)7-5-14)24(22(21)26)8-9-27-3/h4-7,10-11,19H,8-9H2,1-3H3. The van der Waals surface area contributed by atoms with Crippen LogP contribution in [0.2, 0.25) is 5.02 Å². The van der Waals surface area contributed by atoms with Gasteiger partial charge in [-0.15, -0.1) is 0 Å². The highest BCUT2D eigenvalue weighted by molar-refractivity contribution is 6.30. The van der Waals surface area contributed by atoms with Gasteiger partial charge in [0.1, 0.15) is 5.58 Å². The van der Waals surface area contributed by atoms with Gasteiger partial charge in [0.05, 0.1) is 23.6 Å². The molecule has 0 fully saturated rings. The lowest BCUT2D eigenvalue weighted by molar-refractivity contribution is 0.0663. The van der Waals surface area contributed by atoms with Gasteiger partial charge in [-0.3, -0.25) is 9.59 Å². The van der Waals surface area contributed by atoms with Gasteiger partial charge in [0, 0.05) is 18.7 Å². The van der Waals surface area contributed by atoms with Crippen LogP contribution in [0.1, 0.15) is 38.9 Å². The second kappa shape index (κ2) is 7.08. The summed E-state index contributed by atoms with van der Waals surface area (Å²) in [4.78, 5) is 28.1. The quantitative estimate of drug-likeness (QED) is 0.660. The number of benzene rings is 2. The molecule has 6 heteroatoms. The Morgan fingerprint density at radius 2 is 1.79 bits per heavy atom. The maximum atomic E-state index is 13.4. The van der Waals surface area contributed by atoms with Crippen LogP contribution in [0, 0.1) is 13.8 Å². The molecule has 1 atom stereocenters. The summed E-state index contributed by atoms with van der Waals surface area (Å²) in [5.41, 5.74) is 3.45. The average Bonchev–Trinajstić information content (AvgIpc) is 2.95. The highest BCUT2D eigenvalue weighted by atomic mass is 35.5. The molecule has 1 aromatic heterocycles. The van der Waals surface area contributed by atoms with Crippen molar-refractivity contribution in [3.63, 3.8) is 0 Å². The number of fused-ring (bicyclic) bond motifs is 2. The van der Waals surface area contributed by atoms with E-state index in [9.17, 15) is 9.59 Å². The summed E-state index contributed by atoms with van der Waals surface area (Å²) in [6, 6.07) is 10.3. The fourth-order valence-corrected chi connectivity index (χ4v) is 3.81. The van der Waals surface area contributed by atoms with E-state index in [4.69, 9.17) is 20.8 Å². The highest BCUT2D eigenvalue weighted by Crippen LogP contribution is 2.38. The monoisotopic (exact) mass is 397 g/mol. The van der Waals surface area contributed by atoms with Crippen LogP contribution in [0.3, 0.4) is 0 Å². The van der Waals surface area contributed by atoms with Gasteiger partial charge in [0.25, 0.3) is 5.91 Å². The van der Waals surface area contributed by atoms with Gasteiger partial charge in [-0.05, 0) is 54.8 Å². The van der Waals surface area contributed by atoms with E-state index in [1.807, 2.05) is 38.1 Å². The van der Waals surface area contributed by atoms with Crippen molar-refractivity contribution in [3.05, 3.63) is 79.7 Å². The first-order valence-corrected chi connectivity index (χ1v) is 9.43. The van der Waals surface area contributed by atoms with E-state index in [0.717, 1.165) is 16.7 Å². The lowest BCUT2D eigenvalue weighted by atomic mass is 9.97. The smallest absolute Gasteiger partial charge is 0.290 e. The summed E-state index contributed by atoms with van der Waals surface area (Å²) in [5.74, 6) is -0.193. The van der Waals surface area contributed by atoms with Crippen LogP contribution in [-0.2, 0) is 4.74 Å². The minimum atomic E-state index is -0.530. The zero-order valence-corrected chi connectivity index (χ0v) is 16.7. The van der Waals surface area contributed by atoms with Crippen molar-refractivity contribution >= 4 is 28.5 Å². The number of nitrogens with zero attached hydrogens (tertiary/aromatic N) is 1. The maximum absolute atomic E-state index is 13.4. The predicted molar refractivity (Wildman–Crippen MR) is 108 cm³/mol. The molecular weight excluding hydrogens is 378 g/mol. The third-order valence-corrected chi connectivity index (χ3v) is 5.56. The van der Waals surface area contributed by atoms with Crippen molar-refractivity contribution in [1.29, 1.82) is 0 Å². The highest BCUT2D eigenvalue weighted by Gasteiger charge is 2.42. The lowest BCUT2D eigenvalue weighted by Crippen LogP contribution is -2.32. The summed E-state index contributed by atoms with van der Waals surface area (Å²) in [6.45, 7) is 4.61. The molecule has 0 N–H and O–H groups in total. The van der Waals surface area contributed by atoms with Gasteiger partial charge in [0.2, 0.25) is 5.76 Å². The van der Waals surface area contributed by atoms with Crippen molar-refractivity contribution in [1.82, 2.24) is 4.90 Å². The minimum absolute atomic E-state index is 0.108. The number of methoxy groups -OCH3 is 1. The Kier molecular flexibility index (Phi) is 4.73. The number of amides is 1. The van der Waals surface area contributed by atoms with Crippen molar-refractivity contribution in [3.8, 4) is 0 Å². The van der Waals surface area contributed by atoms with Crippen LogP contribution in [0.4, 0.5) is 0 Å². The van der Waals surface area contributed by atoms with Crippen molar-refractivity contribution < 1.29 is 13.9 Å². The van der Waals surface area contributed by atoms with Gasteiger partial charge < -0.3 is 14.1 Å². The molecule has 0 bridgehead atoms. The topological polar surface area (TPSA) is 59.8 Å². The molecule has 0 radical (unpaired) electrons. The molecule has 1 aliphatic heterocycles. The molecule has 2 aromatic carbocycles. The Labute approximate surface area is 167 Å². The number of aryl methyl sites for hydroxylation is 2. The van der Waals surface area contributed by atoms with Crippen molar-refractivity contribution in [2.75, 3.05) is 20.3 Å². The van der Waals surface area contributed by atoms with Crippen molar-refractivity contribution in [2.24, 2.45) is 0 Å². The minimum Gasteiger partial charge on any atom is -0.450 e. The first-order chi connectivity index (χ1) is 13.4. The first-order valence-electron chi connectivity index (χ1n) is 9.05. The zero-order valence-electron chi connectivity index (χ0n) is 15.9. The Morgan fingerprint density at radius 1 is 1.11 bits per heavy atom. The van der Waals surface area contributed by atoms with E-state index in [1.54, 1.807) is 24.1 Å². The summed E-state index contributed by atoms with van der Waals surface area (Å²) in [6.07, 6.45) is 0. The molecule has 0 spiro atoms. The molecule has 5 nitrogen and oxygen atoms in total. The van der Waals surface area contributed by atoms with Crippen molar-refractivity contribution in [2.45, 2.75) is 19.9 Å². The van der Waals surface area contributed by atoms with E-state index < -0.39 is 6.04 Å². The normalized spacial score (nSPS) is 16.1. The Hall–Kier alpha value is -2.63. The second-order valence-electron chi connectivity index (χ2n) is 7.05. The number of halogens is 1.